The van der Waals surface area contributed by atoms with Crippen LogP contribution in [0.1, 0.15) is 11.1 Å². The van der Waals surface area contributed by atoms with Crippen LogP contribution in [0, 0.1) is 0 Å². The molecule has 0 amide bonds. The van der Waals surface area contributed by atoms with Crippen molar-refractivity contribution in [1.29, 1.82) is 0 Å². The zero-order valence-corrected chi connectivity index (χ0v) is 17.2. The highest BCUT2D eigenvalue weighted by Crippen LogP contribution is 2.25. The molecular weight excluding hydrogens is 400 g/mol. The lowest BCUT2D eigenvalue weighted by Gasteiger charge is -2.14. The zero-order chi connectivity index (χ0) is 20.1. The van der Waals surface area contributed by atoms with Gasteiger partial charge in [-0.05, 0) is 17.2 Å². The summed E-state index contributed by atoms with van der Waals surface area (Å²) in [5, 5.41) is 1.32. The van der Waals surface area contributed by atoms with Gasteiger partial charge in [-0.1, -0.05) is 102 Å². The molecule has 1 aromatic heterocycles. The van der Waals surface area contributed by atoms with Gasteiger partial charge >= 0.3 is 0 Å². The van der Waals surface area contributed by atoms with E-state index < -0.39 is 0 Å². The third-order valence-corrected chi connectivity index (χ3v) is 5.96. The highest BCUT2D eigenvalue weighted by Gasteiger charge is 2.13. The molecular formula is C24H19ClN2OS. The average Bonchev–Trinajstić information content (AvgIpc) is 2.76. The zero-order valence-electron chi connectivity index (χ0n) is 15.7. The summed E-state index contributed by atoms with van der Waals surface area (Å²) >= 11 is 7.89. The normalized spacial score (nSPS) is 10.8. The van der Waals surface area contributed by atoms with Gasteiger partial charge in [0.2, 0.25) is 0 Å². The van der Waals surface area contributed by atoms with Crippen molar-refractivity contribution in [1.82, 2.24) is 9.55 Å². The van der Waals surface area contributed by atoms with Gasteiger partial charge < -0.3 is 0 Å². The molecule has 0 aliphatic carbocycles. The fourth-order valence-electron chi connectivity index (χ4n) is 3.02. The number of halogens is 1. The van der Waals surface area contributed by atoms with Crippen molar-refractivity contribution in [2.24, 2.45) is 0 Å². The number of aromatic nitrogens is 2. The summed E-state index contributed by atoms with van der Waals surface area (Å²) in [5.74, 6) is 0.730. The first-order chi connectivity index (χ1) is 14.2. The molecule has 0 saturated carbocycles. The van der Waals surface area contributed by atoms with Crippen LogP contribution in [0.3, 0.4) is 0 Å². The van der Waals surface area contributed by atoms with Crippen molar-refractivity contribution >= 4 is 23.4 Å². The molecule has 3 aromatic carbocycles. The monoisotopic (exact) mass is 418 g/mol. The third-order valence-electron chi connectivity index (χ3n) is 4.54. The van der Waals surface area contributed by atoms with Crippen LogP contribution in [0.15, 0.2) is 101 Å². The molecule has 0 aliphatic rings. The van der Waals surface area contributed by atoms with Crippen LogP contribution in [-0.4, -0.2) is 9.55 Å². The van der Waals surface area contributed by atoms with Gasteiger partial charge in [-0.2, -0.15) is 0 Å². The van der Waals surface area contributed by atoms with Gasteiger partial charge in [0.1, 0.15) is 0 Å². The topological polar surface area (TPSA) is 34.9 Å². The summed E-state index contributed by atoms with van der Waals surface area (Å²) in [5.41, 5.74) is 3.60. The maximum atomic E-state index is 13.0. The van der Waals surface area contributed by atoms with E-state index in [0.29, 0.717) is 22.4 Å². The van der Waals surface area contributed by atoms with Crippen molar-refractivity contribution < 1.29 is 0 Å². The van der Waals surface area contributed by atoms with Crippen LogP contribution in [0.5, 0.6) is 0 Å². The van der Waals surface area contributed by atoms with Crippen LogP contribution < -0.4 is 5.56 Å². The third kappa shape index (κ3) is 4.78. The molecule has 4 rings (SSSR count). The summed E-state index contributed by atoms with van der Waals surface area (Å²) in [7, 11) is 0. The minimum absolute atomic E-state index is 0.0886. The predicted molar refractivity (Wildman–Crippen MR) is 120 cm³/mol. The summed E-state index contributed by atoms with van der Waals surface area (Å²) < 4.78 is 1.70. The fraction of sp³-hybridized carbons (Fsp3) is 0.0833. The molecule has 0 spiro atoms. The number of hydrogen-bond donors (Lipinski definition) is 0. The Labute approximate surface area is 179 Å². The maximum absolute atomic E-state index is 13.0. The van der Waals surface area contributed by atoms with Crippen molar-refractivity contribution in [3.8, 4) is 11.3 Å². The molecule has 0 unspecified atom stereocenters. The van der Waals surface area contributed by atoms with Crippen LogP contribution in [0.25, 0.3) is 11.3 Å². The van der Waals surface area contributed by atoms with Crippen molar-refractivity contribution in [3.63, 3.8) is 0 Å². The van der Waals surface area contributed by atoms with E-state index in [-0.39, 0.29) is 5.56 Å². The van der Waals surface area contributed by atoms with E-state index in [1.165, 1.54) is 5.56 Å². The predicted octanol–water partition coefficient (Wildman–Crippen LogP) is 5.90. The number of benzene rings is 3. The highest BCUT2D eigenvalue weighted by molar-refractivity contribution is 7.98. The van der Waals surface area contributed by atoms with Gasteiger partial charge in [-0.25, -0.2) is 4.98 Å². The first kappa shape index (κ1) is 19.5. The van der Waals surface area contributed by atoms with Crippen molar-refractivity contribution in [3.05, 3.63) is 117 Å². The van der Waals surface area contributed by atoms with E-state index in [4.69, 9.17) is 16.6 Å². The summed E-state index contributed by atoms with van der Waals surface area (Å²) in [6, 6.07) is 29.1. The Balaban J connectivity index is 1.74. The second-order valence-corrected chi connectivity index (χ2v) is 7.93. The molecule has 0 radical (unpaired) electrons. The Kier molecular flexibility index (Phi) is 6.13. The van der Waals surface area contributed by atoms with Crippen molar-refractivity contribution in [2.45, 2.75) is 17.5 Å². The van der Waals surface area contributed by atoms with Gasteiger partial charge in [0, 0.05) is 22.4 Å². The summed E-state index contributed by atoms with van der Waals surface area (Å²) in [6.45, 7) is 0.387. The maximum Gasteiger partial charge on any atom is 0.255 e. The fourth-order valence-corrected chi connectivity index (χ4v) is 4.17. The van der Waals surface area contributed by atoms with E-state index in [1.807, 2.05) is 72.8 Å². The Bertz CT molecular complexity index is 1160. The minimum Gasteiger partial charge on any atom is -0.283 e. The average molecular weight is 419 g/mol. The highest BCUT2D eigenvalue weighted by atomic mass is 35.5. The summed E-state index contributed by atoms with van der Waals surface area (Å²) in [4.78, 5) is 17.9. The molecule has 0 N–H and O–H groups in total. The molecule has 1 heterocycles. The van der Waals surface area contributed by atoms with Crippen LogP contribution in [0.4, 0.5) is 0 Å². The smallest absolute Gasteiger partial charge is 0.255 e. The molecule has 144 valence electrons. The number of thioether (sulfide) groups is 1. The van der Waals surface area contributed by atoms with Gasteiger partial charge in [0.25, 0.3) is 5.56 Å². The molecule has 29 heavy (non-hydrogen) atoms. The van der Waals surface area contributed by atoms with Gasteiger partial charge in [0.05, 0.1) is 12.2 Å². The number of nitrogens with zero attached hydrogens (tertiary/aromatic N) is 2. The molecule has 0 atom stereocenters. The first-order valence-corrected chi connectivity index (χ1v) is 10.6. The Hall–Kier alpha value is -2.82. The molecule has 0 bridgehead atoms. The van der Waals surface area contributed by atoms with Crippen molar-refractivity contribution in [2.75, 3.05) is 0 Å². The van der Waals surface area contributed by atoms with Gasteiger partial charge in [-0.15, -0.1) is 0 Å². The largest absolute Gasteiger partial charge is 0.283 e. The van der Waals surface area contributed by atoms with E-state index in [9.17, 15) is 4.79 Å². The number of rotatable bonds is 6. The van der Waals surface area contributed by atoms with Crippen LogP contribution >= 0.6 is 23.4 Å². The lowest BCUT2D eigenvalue weighted by atomic mass is 10.1. The van der Waals surface area contributed by atoms with E-state index in [1.54, 1.807) is 22.4 Å². The quantitative estimate of drug-likeness (QED) is 0.288. The second kappa shape index (κ2) is 9.12. The molecule has 3 nitrogen and oxygen atoms in total. The van der Waals surface area contributed by atoms with Crippen LogP contribution in [-0.2, 0) is 12.3 Å². The molecule has 0 aliphatic heterocycles. The second-order valence-electron chi connectivity index (χ2n) is 6.58. The summed E-state index contributed by atoms with van der Waals surface area (Å²) in [6.07, 6.45) is 0. The number of hydrogen-bond acceptors (Lipinski definition) is 3. The van der Waals surface area contributed by atoms with Crippen LogP contribution in [0.2, 0.25) is 5.02 Å². The molecule has 4 aromatic rings. The lowest BCUT2D eigenvalue weighted by molar-refractivity contribution is 0.647. The van der Waals surface area contributed by atoms with E-state index >= 15 is 0 Å². The Morgan fingerprint density at radius 1 is 0.862 bits per heavy atom. The van der Waals surface area contributed by atoms with E-state index in [2.05, 4.69) is 12.1 Å². The Morgan fingerprint density at radius 3 is 2.24 bits per heavy atom. The molecule has 0 fully saturated rings. The molecule has 5 heteroatoms. The SMILES string of the molecule is O=c1cc(-c2ccccc2)nc(SCc2ccccc2)n1Cc1ccccc1Cl. The molecule has 0 saturated heterocycles. The minimum atomic E-state index is -0.0886. The standard InChI is InChI=1S/C24H19ClN2OS/c25-21-14-8-7-13-20(21)16-27-23(28)15-22(19-11-5-2-6-12-19)26-24(27)29-17-18-9-3-1-4-10-18/h1-15H,16-17H2. The van der Waals surface area contributed by atoms with Gasteiger partial charge in [0.15, 0.2) is 5.16 Å². The van der Waals surface area contributed by atoms with E-state index in [0.717, 1.165) is 16.9 Å². The first-order valence-electron chi connectivity index (χ1n) is 9.28. The lowest BCUT2D eigenvalue weighted by Crippen LogP contribution is -2.23. The Morgan fingerprint density at radius 2 is 1.52 bits per heavy atom. The van der Waals surface area contributed by atoms with Gasteiger partial charge in [-0.3, -0.25) is 9.36 Å².